The van der Waals surface area contributed by atoms with Gasteiger partial charge < -0.3 is 0 Å². The molecule has 0 spiro atoms. The Hall–Kier alpha value is -1.30. The molecule has 0 unspecified atom stereocenters. The normalized spacial score (nSPS) is 8.22. The molecule has 0 amide bonds. The molecule has 1 rings (SSSR count). The zero-order valence-electron chi connectivity index (χ0n) is 5.42. The molecule has 0 saturated heterocycles. The summed E-state index contributed by atoms with van der Waals surface area (Å²) in [5, 5.41) is 3.93. The van der Waals surface area contributed by atoms with Crippen LogP contribution in [0.25, 0.3) is 0 Å². The average Bonchev–Trinajstić information content (AvgIpc) is 2.17. The van der Waals surface area contributed by atoms with Crippen molar-refractivity contribution >= 4 is 0 Å². The third-order valence-electron chi connectivity index (χ3n) is 0.836. The predicted molar refractivity (Wildman–Crippen MR) is 33.6 cm³/mol. The molecule has 0 bridgehead atoms. The summed E-state index contributed by atoms with van der Waals surface area (Å²) < 4.78 is 1.62. The van der Waals surface area contributed by atoms with E-state index < -0.39 is 0 Å². The Morgan fingerprint density at radius 2 is 2.44 bits per heavy atom. The van der Waals surface area contributed by atoms with Crippen LogP contribution in [0.15, 0.2) is 6.33 Å². The fraction of sp³-hybridized carbons (Fsp3) is 0.333. The van der Waals surface area contributed by atoms with Gasteiger partial charge in [-0.2, -0.15) is 0 Å². The summed E-state index contributed by atoms with van der Waals surface area (Å²) in [6, 6.07) is 0. The lowest BCUT2D eigenvalue weighted by atomic mass is 10.6. The molecule has 0 saturated carbocycles. The summed E-state index contributed by atoms with van der Waals surface area (Å²) in [4.78, 5) is 3.88. The Morgan fingerprint density at radius 1 is 1.67 bits per heavy atom. The van der Waals surface area contributed by atoms with E-state index in [1.54, 1.807) is 17.9 Å². The highest BCUT2D eigenvalue weighted by atomic mass is 15.3. The first-order valence-corrected chi connectivity index (χ1v) is 2.61. The van der Waals surface area contributed by atoms with Crippen molar-refractivity contribution in [1.29, 1.82) is 0 Å². The maximum absolute atomic E-state index is 3.93. The molecule has 3 heteroatoms. The molecule has 0 aliphatic heterocycles. The minimum atomic E-state index is 0.583. The van der Waals surface area contributed by atoms with Crippen LogP contribution in [-0.4, -0.2) is 14.8 Å². The Kier molecular flexibility index (Phi) is 1.50. The van der Waals surface area contributed by atoms with E-state index in [-0.39, 0.29) is 0 Å². The summed E-state index contributed by atoms with van der Waals surface area (Å²) in [5.74, 6) is 6.03. The first kappa shape index (κ1) is 5.83. The molecule has 46 valence electrons. The summed E-state index contributed by atoms with van der Waals surface area (Å²) in [5.41, 5.74) is 0. The fourth-order valence-electron chi connectivity index (χ4n) is 0.508. The van der Waals surface area contributed by atoms with Crippen LogP contribution in [0.3, 0.4) is 0 Å². The number of rotatable bonds is 0. The Labute approximate surface area is 53.7 Å². The van der Waals surface area contributed by atoms with Crippen molar-refractivity contribution in [3.8, 4) is 11.8 Å². The van der Waals surface area contributed by atoms with Gasteiger partial charge in [-0.05, 0) is 12.8 Å². The highest BCUT2D eigenvalue weighted by Crippen LogP contribution is 1.81. The van der Waals surface area contributed by atoms with Crippen LogP contribution in [0.2, 0.25) is 0 Å². The van der Waals surface area contributed by atoms with Gasteiger partial charge in [-0.15, -0.1) is 5.10 Å². The van der Waals surface area contributed by atoms with Gasteiger partial charge in [0.1, 0.15) is 6.33 Å². The SMILES string of the molecule is CC#Cc1ncn(C)n1. The van der Waals surface area contributed by atoms with Crippen molar-refractivity contribution in [3.05, 3.63) is 12.2 Å². The van der Waals surface area contributed by atoms with Gasteiger partial charge in [-0.3, -0.25) is 4.68 Å². The largest absolute Gasteiger partial charge is 0.255 e. The second-order valence-electron chi connectivity index (χ2n) is 1.62. The first-order chi connectivity index (χ1) is 4.33. The zero-order valence-corrected chi connectivity index (χ0v) is 5.42. The molecule has 0 aliphatic carbocycles. The van der Waals surface area contributed by atoms with Gasteiger partial charge in [0.25, 0.3) is 0 Å². The van der Waals surface area contributed by atoms with E-state index in [0.717, 1.165) is 0 Å². The van der Waals surface area contributed by atoms with E-state index in [4.69, 9.17) is 0 Å². The molecule has 0 aliphatic rings. The summed E-state index contributed by atoms with van der Waals surface area (Å²) in [7, 11) is 1.81. The van der Waals surface area contributed by atoms with Crippen molar-refractivity contribution in [2.45, 2.75) is 6.92 Å². The summed E-state index contributed by atoms with van der Waals surface area (Å²) in [6.45, 7) is 1.76. The lowest BCUT2D eigenvalue weighted by Crippen LogP contribution is -1.86. The highest BCUT2D eigenvalue weighted by molar-refractivity contribution is 5.16. The van der Waals surface area contributed by atoms with Crippen molar-refractivity contribution in [1.82, 2.24) is 14.8 Å². The van der Waals surface area contributed by atoms with Gasteiger partial charge in [-0.1, -0.05) is 5.92 Å². The standard InChI is InChI=1S/C6H7N3/c1-3-4-6-7-5-9(2)8-6/h5H,1-2H3. The Bertz CT molecular complexity index is 251. The van der Waals surface area contributed by atoms with Crippen molar-refractivity contribution in [2.75, 3.05) is 0 Å². The molecule has 0 N–H and O–H groups in total. The summed E-state index contributed by atoms with van der Waals surface area (Å²) in [6.07, 6.45) is 1.62. The van der Waals surface area contributed by atoms with Crippen LogP contribution in [0.1, 0.15) is 12.7 Å². The smallest absolute Gasteiger partial charge is 0.225 e. The number of hydrogen-bond acceptors (Lipinski definition) is 2. The van der Waals surface area contributed by atoms with Crippen LogP contribution < -0.4 is 0 Å². The Morgan fingerprint density at radius 3 is 2.89 bits per heavy atom. The minimum Gasteiger partial charge on any atom is -0.255 e. The van der Waals surface area contributed by atoms with Gasteiger partial charge in [0.2, 0.25) is 5.82 Å². The van der Waals surface area contributed by atoms with Gasteiger partial charge in [0.05, 0.1) is 0 Å². The monoisotopic (exact) mass is 121 g/mol. The predicted octanol–water partition coefficient (Wildman–Crippen LogP) is 0.186. The second-order valence-corrected chi connectivity index (χ2v) is 1.62. The highest BCUT2D eigenvalue weighted by Gasteiger charge is 1.88. The molecule has 1 heterocycles. The van der Waals surface area contributed by atoms with Gasteiger partial charge in [-0.25, -0.2) is 4.98 Å². The van der Waals surface area contributed by atoms with E-state index >= 15 is 0 Å². The molecule has 3 nitrogen and oxygen atoms in total. The number of hydrogen-bond donors (Lipinski definition) is 0. The van der Waals surface area contributed by atoms with E-state index in [2.05, 4.69) is 21.9 Å². The number of nitrogens with zero attached hydrogens (tertiary/aromatic N) is 3. The van der Waals surface area contributed by atoms with Crippen LogP contribution in [0.4, 0.5) is 0 Å². The number of aromatic nitrogens is 3. The lowest BCUT2D eigenvalue weighted by Gasteiger charge is -1.77. The third-order valence-corrected chi connectivity index (χ3v) is 0.836. The summed E-state index contributed by atoms with van der Waals surface area (Å²) >= 11 is 0. The van der Waals surface area contributed by atoms with Crippen molar-refractivity contribution in [2.24, 2.45) is 7.05 Å². The molecule has 0 radical (unpaired) electrons. The fourth-order valence-corrected chi connectivity index (χ4v) is 0.508. The van der Waals surface area contributed by atoms with E-state index in [1.807, 2.05) is 7.05 Å². The van der Waals surface area contributed by atoms with Crippen LogP contribution in [0, 0.1) is 11.8 Å². The minimum absolute atomic E-state index is 0.583. The molecule has 1 aromatic heterocycles. The van der Waals surface area contributed by atoms with Crippen molar-refractivity contribution < 1.29 is 0 Å². The van der Waals surface area contributed by atoms with Gasteiger partial charge >= 0.3 is 0 Å². The molecule has 0 atom stereocenters. The maximum atomic E-state index is 3.93. The third kappa shape index (κ3) is 1.29. The second kappa shape index (κ2) is 2.31. The van der Waals surface area contributed by atoms with Gasteiger partial charge in [0.15, 0.2) is 0 Å². The first-order valence-electron chi connectivity index (χ1n) is 2.61. The van der Waals surface area contributed by atoms with Gasteiger partial charge in [0, 0.05) is 7.05 Å². The molecular weight excluding hydrogens is 114 g/mol. The van der Waals surface area contributed by atoms with Crippen LogP contribution in [-0.2, 0) is 7.05 Å². The van der Waals surface area contributed by atoms with E-state index in [0.29, 0.717) is 5.82 Å². The van der Waals surface area contributed by atoms with Crippen molar-refractivity contribution in [3.63, 3.8) is 0 Å². The Balaban J connectivity index is 2.93. The average molecular weight is 121 g/mol. The van der Waals surface area contributed by atoms with Crippen LogP contribution >= 0.6 is 0 Å². The lowest BCUT2D eigenvalue weighted by molar-refractivity contribution is 0.762. The molecular formula is C6H7N3. The molecule has 1 aromatic rings. The molecule has 0 fully saturated rings. The number of aryl methyl sites for hydroxylation is 1. The zero-order chi connectivity index (χ0) is 6.69. The molecule has 0 aromatic carbocycles. The van der Waals surface area contributed by atoms with E-state index in [9.17, 15) is 0 Å². The van der Waals surface area contributed by atoms with E-state index in [1.165, 1.54) is 0 Å². The maximum Gasteiger partial charge on any atom is 0.225 e. The van der Waals surface area contributed by atoms with Crippen LogP contribution in [0.5, 0.6) is 0 Å². The topological polar surface area (TPSA) is 30.7 Å². The molecule has 9 heavy (non-hydrogen) atoms. The quantitative estimate of drug-likeness (QED) is 0.458.